The van der Waals surface area contributed by atoms with E-state index in [1.165, 1.54) is 0 Å². The third-order valence-electron chi connectivity index (χ3n) is 2.30. The highest BCUT2D eigenvalue weighted by molar-refractivity contribution is 5.71. The Hall–Kier alpha value is -0.570. The minimum Gasteiger partial charge on any atom is -0.465 e. The summed E-state index contributed by atoms with van der Waals surface area (Å²) in [6, 6.07) is 0. The first-order valence-electron chi connectivity index (χ1n) is 5.47. The molecular weight excluding hydrogens is 180 g/mol. The molecule has 0 spiro atoms. The number of hydrogen-bond acceptors (Lipinski definition) is 2. The number of unbranched alkanes of at least 4 members (excludes halogenated alkanes) is 3. The summed E-state index contributed by atoms with van der Waals surface area (Å²) in [5, 5.41) is 10.1. The Morgan fingerprint density at radius 1 is 1.21 bits per heavy atom. The maximum absolute atomic E-state index is 11.2. The lowest BCUT2D eigenvalue weighted by atomic mass is 10.1. The standard InChI is InChI=1S/C11H21O3/c1-3-10(2)11(13)14-9-7-5-4-6-8-12/h10H,3-9H2,1-2H3. The van der Waals surface area contributed by atoms with Gasteiger partial charge in [0.1, 0.15) is 0 Å². The van der Waals surface area contributed by atoms with Gasteiger partial charge in [0.2, 0.25) is 0 Å². The Bertz CT molecular complexity index is 145. The summed E-state index contributed by atoms with van der Waals surface area (Å²) in [5.41, 5.74) is 0. The van der Waals surface area contributed by atoms with E-state index < -0.39 is 0 Å². The Kier molecular flexibility index (Phi) is 8.64. The lowest BCUT2D eigenvalue weighted by Crippen LogP contribution is -2.14. The van der Waals surface area contributed by atoms with Gasteiger partial charge in [-0.15, -0.1) is 0 Å². The average molecular weight is 201 g/mol. The zero-order valence-electron chi connectivity index (χ0n) is 9.25. The van der Waals surface area contributed by atoms with E-state index in [-0.39, 0.29) is 18.5 Å². The van der Waals surface area contributed by atoms with Crippen LogP contribution >= 0.6 is 0 Å². The van der Waals surface area contributed by atoms with Crippen LogP contribution in [0.2, 0.25) is 0 Å². The molecule has 0 heterocycles. The molecule has 0 aromatic heterocycles. The third kappa shape index (κ3) is 6.89. The van der Waals surface area contributed by atoms with Crippen LogP contribution in [-0.4, -0.2) is 19.2 Å². The molecule has 0 aromatic rings. The van der Waals surface area contributed by atoms with Gasteiger partial charge >= 0.3 is 5.97 Å². The molecule has 0 bridgehead atoms. The summed E-state index contributed by atoms with van der Waals surface area (Å²) in [6.45, 7) is 4.36. The average Bonchev–Trinajstić information content (AvgIpc) is 2.21. The summed E-state index contributed by atoms with van der Waals surface area (Å²) in [4.78, 5) is 11.2. The van der Waals surface area contributed by atoms with Crippen LogP contribution in [0.1, 0.15) is 46.0 Å². The quantitative estimate of drug-likeness (QED) is 0.447. The van der Waals surface area contributed by atoms with Crippen molar-refractivity contribution in [2.24, 2.45) is 5.92 Å². The molecule has 0 N–H and O–H groups in total. The zero-order valence-corrected chi connectivity index (χ0v) is 9.25. The topological polar surface area (TPSA) is 46.2 Å². The summed E-state index contributed by atoms with van der Waals surface area (Å²) in [5.74, 6) is -0.0898. The zero-order chi connectivity index (χ0) is 10.8. The van der Waals surface area contributed by atoms with E-state index in [2.05, 4.69) is 0 Å². The fraction of sp³-hybridized carbons (Fsp3) is 0.909. The first kappa shape index (κ1) is 13.4. The molecule has 14 heavy (non-hydrogen) atoms. The molecule has 0 saturated carbocycles. The Labute approximate surface area is 86.5 Å². The van der Waals surface area contributed by atoms with Gasteiger partial charge < -0.3 is 4.74 Å². The Morgan fingerprint density at radius 2 is 1.86 bits per heavy atom. The van der Waals surface area contributed by atoms with Crippen LogP contribution in [-0.2, 0) is 14.6 Å². The van der Waals surface area contributed by atoms with Gasteiger partial charge in [0, 0.05) is 0 Å². The second kappa shape index (κ2) is 9.00. The third-order valence-corrected chi connectivity index (χ3v) is 2.30. The first-order valence-corrected chi connectivity index (χ1v) is 5.47. The molecular formula is C11H21O3. The molecule has 3 heteroatoms. The highest BCUT2D eigenvalue weighted by Crippen LogP contribution is 2.05. The fourth-order valence-corrected chi connectivity index (χ4v) is 1.04. The van der Waals surface area contributed by atoms with Gasteiger partial charge in [-0.2, -0.15) is 0 Å². The van der Waals surface area contributed by atoms with Crippen molar-refractivity contribution in [3.63, 3.8) is 0 Å². The molecule has 0 amide bonds. The summed E-state index contributed by atoms with van der Waals surface area (Å²) in [6.07, 6.45) is 4.37. The molecule has 1 atom stereocenters. The van der Waals surface area contributed by atoms with Crippen molar-refractivity contribution in [1.82, 2.24) is 0 Å². The second-order valence-corrected chi connectivity index (χ2v) is 3.60. The first-order chi connectivity index (χ1) is 6.72. The van der Waals surface area contributed by atoms with Crippen molar-refractivity contribution < 1.29 is 14.6 Å². The van der Waals surface area contributed by atoms with Crippen LogP contribution in [0.25, 0.3) is 0 Å². The Morgan fingerprint density at radius 3 is 2.43 bits per heavy atom. The lowest BCUT2D eigenvalue weighted by molar-refractivity contribution is -0.148. The molecule has 3 nitrogen and oxygen atoms in total. The lowest BCUT2D eigenvalue weighted by Gasteiger charge is -2.08. The number of carbonyl (C=O) groups excluding carboxylic acids is 1. The van der Waals surface area contributed by atoms with Crippen molar-refractivity contribution in [1.29, 1.82) is 0 Å². The molecule has 1 unspecified atom stereocenters. The minimum absolute atomic E-state index is 0.00660. The smallest absolute Gasteiger partial charge is 0.308 e. The van der Waals surface area contributed by atoms with E-state index in [4.69, 9.17) is 4.74 Å². The largest absolute Gasteiger partial charge is 0.465 e. The minimum atomic E-state index is -0.101. The molecule has 0 aliphatic rings. The molecule has 0 aliphatic carbocycles. The number of carbonyl (C=O) groups is 1. The summed E-state index contributed by atoms with van der Waals surface area (Å²) >= 11 is 0. The molecule has 0 fully saturated rings. The maximum atomic E-state index is 11.2. The summed E-state index contributed by atoms with van der Waals surface area (Å²) < 4.78 is 5.06. The number of esters is 1. The highest BCUT2D eigenvalue weighted by atomic mass is 16.5. The van der Waals surface area contributed by atoms with Crippen molar-refractivity contribution in [3.05, 3.63) is 0 Å². The summed E-state index contributed by atoms with van der Waals surface area (Å²) in [7, 11) is 0. The van der Waals surface area contributed by atoms with Gasteiger partial charge in [-0.1, -0.05) is 20.3 Å². The van der Waals surface area contributed by atoms with Crippen molar-refractivity contribution in [2.45, 2.75) is 46.0 Å². The van der Waals surface area contributed by atoms with Gasteiger partial charge in [-0.05, 0) is 25.7 Å². The van der Waals surface area contributed by atoms with E-state index in [0.717, 1.165) is 32.1 Å². The number of ether oxygens (including phenoxy) is 1. The predicted molar refractivity (Wildman–Crippen MR) is 54.4 cm³/mol. The molecule has 0 saturated heterocycles. The van der Waals surface area contributed by atoms with Crippen LogP contribution in [0.15, 0.2) is 0 Å². The predicted octanol–water partition coefficient (Wildman–Crippen LogP) is 2.57. The monoisotopic (exact) mass is 201 g/mol. The van der Waals surface area contributed by atoms with Gasteiger partial charge in [0.05, 0.1) is 19.1 Å². The highest BCUT2D eigenvalue weighted by Gasteiger charge is 2.10. The van der Waals surface area contributed by atoms with Crippen LogP contribution in [0.5, 0.6) is 0 Å². The number of hydrogen-bond donors (Lipinski definition) is 0. The normalized spacial score (nSPS) is 12.5. The van der Waals surface area contributed by atoms with E-state index in [1.807, 2.05) is 13.8 Å². The maximum Gasteiger partial charge on any atom is 0.308 e. The van der Waals surface area contributed by atoms with Crippen LogP contribution < -0.4 is 0 Å². The van der Waals surface area contributed by atoms with Gasteiger partial charge in [-0.3, -0.25) is 4.79 Å². The molecule has 0 rings (SSSR count). The SMILES string of the molecule is CCC(C)C(=O)OCCCCCC[O]. The van der Waals surface area contributed by atoms with Crippen molar-refractivity contribution >= 4 is 5.97 Å². The van der Waals surface area contributed by atoms with Gasteiger partial charge in [0.25, 0.3) is 0 Å². The van der Waals surface area contributed by atoms with Crippen LogP contribution in [0, 0.1) is 5.92 Å². The van der Waals surface area contributed by atoms with E-state index in [0.29, 0.717) is 6.61 Å². The molecule has 0 aliphatic heterocycles. The van der Waals surface area contributed by atoms with Crippen LogP contribution in [0.4, 0.5) is 0 Å². The van der Waals surface area contributed by atoms with E-state index in [1.54, 1.807) is 0 Å². The fourth-order valence-electron chi connectivity index (χ4n) is 1.04. The van der Waals surface area contributed by atoms with Crippen molar-refractivity contribution in [3.8, 4) is 0 Å². The molecule has 0 aromatic carbocycles. The van der Waals surface area contributed by atoms with E-state index >= 15 is 0 Å². The Balaban J connectivity index is 3.23. The molecule has 83 valence electrons. The van der Waals surface area contributed by atoms with Crippen molar-refractivity contribution in [2.75, 3.05) is 13.2 Å². The van der Waals surface area contributed by atoms with Gasteiger partial charge in [0.15, 0.2) is 0 Å². The van der Waals surface area contributed by atoms with Crippen LogP contribution in [0.3, 0.4) is 0 Å². The molecule has 1 radical (unpaired) electrons. The second-order valence-electron chi connectivity index (χ2n) is 3.60. The van der Waals surface area contributed by atoms with Gasteiger partial charge in [-0.25, -0.2) is 5.11 Å². The number of rotatable bonds is 8. The van der Waals surface area contributed by atoms with E-state index in [9.17, 15) is 9.90 Å².